The highest BCUT2D eigenvalue weighted by Gasteiger charge is 2.19. The quantitative estimate of drug-likeness (QED) is 0.520. The van der Waals surface area contributed by atoms with E-state index in [1.165, 1.54) is 0 Å². The number of ketones is 1. The molecule has 0 spiro atoms. The maximum atomic E-state index is 13.3. The number of carbonyl (C=O) groups excluding carboxylic acids is 1. The van der Waals surface area contributed by atoms with Crippen LogP contribution >= 0.6 is 0 Å². The van der Waals surface area contributed by atoms with E-state index in [-0.39, 0.29) is 11.3 Å². The number of H-pyrrole nitrogens is 1. The van der Waals surface area contributed by atoms with E-state index in [1.807, 2.05) is 18.2 Å². The molecule has 2 aromatic carbocycles. The number of aromatic amines is 1. The maximum absolute atomic E-state index is 13.3. The first kappa shape index (κ1) is 17.5. The Balaban J connectivity index is 1.89. The number of carbonyl (C=O) groups is 1. The fourth-order valence-electron chi connectivity index (χ4n) is 3.07. The lowest BCUT2D eigenvalue weighted by Gasteiger charge is -2.14. The minimum Gasteiger partial charge on any atom is -0.497 e. The van der Waals surface area contributed by atoms with Gasteiger partial charge in [-0.25, -0.2) is 0 Å². The molecule has 0 saturated carbocycles. The molecule has 0 saturated heterocycles. The van der Waals surface area contributed by atoms with Gasteiger partial charge < -0.3 is 15.0 Å². The zero-order chi connectivity index (χ0) is 19.5. The van der Waals surface area contributed by atoms with Crippen molar-refractivity contribution >= 4 is 28.1 Å². The molecule has 4 rings (SSSR count). The summed E-state index contributed by atoms with van der Waals surface area (Å²) in [4.78, 5) is 32.6. The van der Waals surface area contributed by atoms with Gasteiger partial charge in [0.25, 0.3) is 5.56 Å². The number of hydrogen-bond donors (Lipinski definition) is 2. The summed E-state index contributed by atoms with van der Waals surface area (Å²) in [5.41, 5.74) is 1.34. The van der Waals surface area contributed by atoms with E-state index in [1.54, 1.807) is 62.0 Å². The van der Waals surface area contributed by atoms with Gasteiger partial charge in [-0.2, -0.15) is 0 Å². The van der Waals surface area contributed by atoms with Gasteiger partial charge in [0.2, 0.25) is 0 Å². The van der Waals surface area contributed by atoms with Crippen molar-refractivity contribution in [3.63, 3.8) is 0 Å². The van der Waals surface area contributed by atoms with Crippen LogP contribution in [0.15, 0.2) is 77.9 Å². The van der Waals surface area contributed by atoms with Crippen LogP contribution in [0.4, 0.5) is 11.5 Å². The molecular formula is C22H17N3O3. The number of hydrogen-bond acceptors (Lipinski definition) is 5. The number of methoxy groups -OCH3 is 1. The molecule has 0 aliphatic heterocycles. The van der Waals surface area contributed by atoms with Crippen molar-refractivity contribution < 1.29 is 9.53 Å². The zero-order valence-electron chi connectivity index (χ0n) is 15.1. The van der Waals surface area contributed by atoms with Crippen molar-refractivity contribution in [1.82, 2.24) is 9.97 Å². The second kappa shape index (κ2) is 7.36. The fraction of sp³-hybridized carbons (Fsp3) is 0.0455. The predicted octanol–water partition coefficient (Wildman–Crippen LogP) is 3.91. The summed E-state index contributed by atoms with van der Waals surface area (Å²) >= 11 is 0. The summed E-state index contributed by atoms with van der Waals surface area (Å²) in [6, 6.07) is 17.6. The Morgan fingerprint density at radius 3 is 2.32 bits per heavy atom. The minimum atomic E-state index is -0.266. The number of ether oxygens (including phenoxy) is 1. The number of nitrogens with one attached hydrogen (secondary N) is 2. The molecule has 6 heteroatoms. The van der Waals surface area contributed by atoms with Gasteiger partial charge in [0.15, 0.2) is 5.78 Å². The summed E-state index contributed by atoms with van der Waals surface area (Å²) in [5, 5.41) is 4.21. The molecule has 0 radical (unpaired) electrons. The summed E-state index contributed by atoms with van der Waals surface area (Å²) in [5.74, 6) is 0.854. The van der Waals surface area contributed by atoms with E-state index in [2.05, 4.69) is 15.3 Å². The highest BCUT2D eigenvalue weighted by molar-refractivity contribution is 6.19. The van der Waals surface area contributed by atoms with Crippen molar-refractivity contribution in [3.8, 4) is 5.75 Å². The van der Waals surface area contributed by atoms with E-state index in [9.17, 15) is 9.59 Å². The van der Waals surface area contributed by atoms with Gasteiger partial charge in [0.1, 0.15) is 11.6 Å². The van der Waals surface area contributed by atoms with Crippen molar-refractivity contribution in [1.29, 1.82) is 0 Å². The van der Waals surface area contributed by atoms with Gasteiger partial charge in [-0.05, 0) is 42.5 Å². The first-order valence-electron chi connectivity index (χ1n) is 8.68. The van der Waals surface area contributed by atoms with Crippen LogP contribution in [-0.2, 0) is 0 Å². The smallest absolute Gasteiger partial charge is 0.257 e. The number of rotatable bonds is 5. The van der Waals surface area contributed by atoms with Crippen molar-refractivity contribution in [2.75, 3.05) is 12.4 Å². The topological polar surface area (TPSA) is 84.1 Å². The van der Waals surface area contributed by atoms with E-state index in [4.69, 9.17) is 4.74 Å². The SMILES string of the molecule is COc1ccc(Nc2[nH]c(=O)c3ccccc3c2C(=O)c2ccncc2)cc1. The van der Waals surface area contributed by atoms with E-state index in [0.29, 0.717) is 33.5 Å². The third-order valence-electron chi connectivity index (χ3n) is 4.46. The Morgan fingerprint density at radius 1 is 0.964 bits per heavy atom. The van der Waals surface area contributed by atoms with E-state index < -0.39 is 0 Å². The molecule has 0 aliphatic rings. The summed E-state index contributed by atoms with van der Waals surface area (Å²) in [6.45, 7) is 0. The number of benzene rings is 2. The van der Waals surface area contributed by atoms with Crippen LogP contribution in [0.5, 0.6) is 5.75 Å². The molecule has 4 aromatic rings. The summed E-state index contributed by atoms with van der Waals surface area (Å²) < 4.78 is 5.17. The van der Waals surface area contributed by atoms with Gasteiger partial charge in [-0.1, -0.05) is 18.2 Å². The first-order valence-corrected chi connectivity index (χ1v) is 8.68. The number of fused-ring (bicyclic) bond motifs is 1. The molecule has 0 unspecified atom stereocenters. The average Bonchev–Trinajstić information content (AvgIpc) is 2.75. The Labute approximate surface area is 160 Å². The highest BCUT2D eigenvalue weighted by atomic mass is 16.5. The van der Waals surface area contributed by atoms with E-state index in [0.717, 1.165) is 5.69 Å². The first-order chi connectivity index (χ1) is 13.7. The van der Waals surface area contributed by atoms with Crippen LogP contribution < -0.4 is 15.6 Å². The van der Waals surface area contributed by atoms with Crippen LogP contribution in [0.2, 0.25) is 0 Å². The molecule has 2 heterocycles. The van der Waals surface area contributed by atoms with Crippen LogP contribution in [0, 0.1) is 0 Å². The maximum Gasteiger partial charge on any atom is 0.257 e. The van der Waals surface area contributed by atoms with E-state index >= 15 is 0 Å². The van der Waals surface area contributed by atoms with Crippen LogP contribution in [0.3, 0.4) is 0 Å². The van der Waals surface area contributed by atoms with Gasteiger partial charge in [-0.3, -0.25) is 14.6 Å². The molecule has 0 atom stereocenters. The molecule has 2 N–H and O–H groups in total. The average molecular weight is 371 g/mol. The second-order valence-corrected chi connectivity index (χ2v) is 6.17. The molecular weight excluding hydrogens is 354 g/mol. The lowest BCUT2D eigenvalue weighted by Crippen LogP contribution is -2.16. The Morgan fingerprint density at radius 2 is 1.64 bits per heavy atom. The molecule has 0 amide bonds. The van der Waals surface area contributed by atoms with Crippen LogP contribution in [-0.4, -0.2) is 22.9 Å². The van der Waals surface area contributed by atoms with Crippen LogP contribution in [0.1, 0.15) is 15.9 Å². The lowest BCUT2D eigenvalue weighted by molar-refractivity contribution is 0.104. The number of pyridine rings is 2. The Kier molecular flexibility index (Phi) is 4.60. The minimum absolute atomic E-state index is 0.203. The largest absolute Gasteiger partial charge is 0.497 e. The van der Waals surface area contributed by atoms with Crippen molar-refractivity contribution in [2.24, 2.45) is 0 Å². The van der Waals surface area contributed by atoms with Crippen molar-refractivity contribution in [2.45, 2.75) is 0 Å². The summed E-state index contributed by atoms with van der Waals surface area (Å²) in [7, 11) is 1.59. The third kappa shape index (κ3) is 3.23. The van der Waals surface area contributed by atoms with Gasteiger partial charge >= 0.3 is 0 Å². The third-order valence-corrected chi connectivity index (χ3v) is 4.46. The molecule has 0 bridgehead atoms. The number of nitrogens with zero attached hydrogens (tertiary/aromatic N) is 1. The monoisotopic (exact) mass is 371 g/mol. The fourth-order valence-corrected chi connectivity index (χ4v) is 3.07. The standard InChI is InChI=1S/C22H17N3O3/c1-28-16-8-6-15(7-9-16)24-21-19(20(26)14-10-12-23-13-11-14)17-4-2-3-5-18(17)22(27)25-21/h2-13H,1H3,(H2,24,25,27). The molecule has 6 nitrogen and oxygen atoms in total. The Bertz CT molecular complexity index is 1200. The normalized spacial score (nSPS) is 10.6. The number of anilines is 2. The molecule has 2 aromatic heterocycles. The molecule has 0 aliphatic carbocycles. The van der Waals surface area contributed by atoms with Crippen molar-refractivity contribution in [3.05, 3.63) is 94.5 Å². The van der Waals surface area contributed by atoms with Crippen LogP contribution in [0.25, 0.3) is 10.8 Å². The predicted molar refractivity (Wildman–Crippen MR) is 109 cm³/mol. The lowest BCUT2D eigenvalue weighted by atomic mass is 9.98. The van der Waals surface area contributed by atoms with Gasteiger partial charge in [-0.15, -0.1) is 0 Å². The molecule has 28 heavy (non-hydrogen) atoms. The highest BCUT2D eigenvalue weighted by Crippen LogP contribution is 2.27. The molecule has 138 valence electrons. The Hall–Kier alpha value is -3.93. The zero-order valence-corrected chi connectivity index (χ0v) is 15.1. The second-order valence-electron chi connectivity index (χ2n) is 6.17. The number of aromatic nitrogens is 2. The molecule has 0 fully saturated rings. The summed E-state index contributed by atoms with van der Waals surface area (Å²) in [6.07, 6.45) is 3.13. The van der Waals surface area contributed by atoms with Gasteiger partial charge in [0.05, 0.1) is 12.7 Å². The van der Waals surface area contributed by atoms with Gasteiger partial charge in [0, 0.05) is 34.4 Å².